The largest absolute Gasteiger partial charge is 0.385 e. The van der Waals surface area contributed by atoms with Crippen molar-refractivity contribution in [1.82, 2.24) is 4.98 Å². The van der Waals surface area contributed by atoms with Crippen molar-refractivity contribution in [3.05, 3.63) is 24.5 Å². The predicted molar refractivity (Wildman–Crippen MR) is 64.7 cm³/mol. The van der Waals surface area contributed by atoms with Crippen molar-refractivity contribution in [1.29, 1.82) is 0 Å². The van der Waals surface area contributed by atoms with Gasteiger partial charge in [-0.15, -0.1) is 0 Å². The van der Waals surface area contributed by atoms with Crippen LogP contribution in [-0.2, 0) is 9.47 Å². The third-order valence-corrected chi connectivity index (χ3v) is 2.16. The van der Waals surface area contributed by atoms with Crippen molar-refractivity contribution in [2.45, 2.75) is 12.8 Å². The van der Waals surface area contributed by atoms with E-state index in [0.29, 0.717) is 13.2 Å². The third-order valence-electron chi connectivity index (χ3n) is 2.16. The third kappa shape index (κ3) is 6.37. The molecule has 1 heterocycles. The average Bonchev–Trinajstić information content (AvgIpc) is 2.34. The fraction of sp³-hybridized carbons (Fsp3) is 0.583. The number of ether oxygens (including phenoxy) is 2. The van der Waals surface area contributed by atoms with E-state index in [1.165, 1.54) is 0 Å². The van der Waals surface area contributed by atoms with Crippen molar-refractivity contribution in [2.24, 2.45) is 0 Å². The van der Waals surface area contributed by atoms with Gasteiger partial charge >= 0.3 is 0 Å². The number of pyridine rings is 1. The van der Waals surface area contributed by atoms with E-state index >= 15 is 0 Å². The fourth-order valence-electron chi connectivity index (χ4n) is 1.28. The predicted octanol–water partition coefficient (Wildman–Crippen LogP) is 1.94. The number of unbranched alkanes of at least 4 members (excludes halogenated alkanes) is 1. The van der Waals surface area contributed by atoms with Crippen LogP contribution in [0, 0.1) is 0 Å². The van der Waals surface area contributed by atoms with Crippen LogP contribution >= 0.6 is 0 Å². The van der Waals surface area contributed by atoms with Crippen LogP contribution in [0.4, 0.5) is 5.69 Å². The Labute approximate surface area is 97.0 Å². The van der Waals surface area contributed by atoms with E-state index in [9.17, 15) is 0 Å². The second kappa shape index (κ2) is 9.12. The molecule has 4 heteroatoms. The molecule has 0 unspecified atom stereocenters. The molecule has 90 valence electrons. The number of nitrogens with zero attached hydrogens (tertiary/aromatic N) is 1. The molecule has 1 N–H and O–H groups in total. The lowest BCUT2D eigenvalue weighted by Gasteiger charge is -2.06. The van der Waals surface area contributed by atoms with E-state index in [4.69, 9.17) is 9.47 Å². The van der Waals surface area contributed by atoms with E-state index in [1.807, 2.05) is 12.1 Å². The minimum atomic E-state index is 0.676. The van der Waals surface area contributed by atoms with Crippen LogP contribution < -0.4 is 5.32 Å². The van der Waals surface area contributed by atoms with Gasteiger partial charge in [-0.25, -0.2) is 0 Å². The average molecular weight is 224 g/mol. The highest BCUT2D eigenvalue weighted by Crippen LogP contribution is 2.03. The van der Waals surface area contributed by atoms with E-state index in [-0.39, 0.29) is 0 Å². The highest BCUT2D eigenvalue weighted by Gasteiger charge is 1.91. The Kier molecular flexibility index (Phi) is 7.38. The highest BCUT2D eigenvalue weighted by atomic mass is 16.5. The first-order valence-corrected chi connectivity index (χ1v) is 5.64. The monoisotopic (exact) mass is 224 g/mol. The maximum Gasteiger partial charge on any atom is 0.0700 e. The standard InChI is InChI=1S/C12H20N2O2/c1-15-10-11-16-9-3-2-6-14-12-4-7-13-8-5-12/h4-5,7-8H,2-3,6,9-11H2,1H3,(H,13,14). The van der Waals surface area contributed by atoms with E-state index < -0.39 is 0 Å². The van der Waals surface area contributed by atoms with E-state index in [2.05, 4.69) is 10.3 Å². The molecule has 16 heavy (non-hydrogen) atoms. The minimum Gasteiger partial charge on any atom is -0.385 e. The molecule has 4 nitrogen and oxygen atoms in total. The number of methoxy groups -OCH3 is 1. The van der Waals surface area contributed by atoms with Gasteiger partial charge in [0.2, 0.25) is 0 Å². The highest BCUT2D eigenvalue weighted by molar-refractivity contribution is 5.40. The molecule has 0 saturated carbocycles. The quantitative estimate of drug-likeness (QED) is 0.651. The van der Waals surface area contributed by atoms with Gasteiger partial charge in [-0.1, -0.05) is 0 Å². The van der Waals surface area contributed by atoms with Crippen LogP contribution in [0.1, 0.15) is 12.8 Å². The molecule has 1 rings (SSSR count). The Balaban J connectivity index is 1.89. The first-order valence-electron chi connectivity index (χ1n) is 5.64. The number of hydrogen-bond donors (Lipinski definition) is 1. The Morgan fingerprint density at radius 1 is 1.12 bits per heavy atom. The summed E-state index contributed by atoms with van der Waals surface area (Å²) >= 11 is 0. The van der Waals surface area contributed by atoms with E-state index in [0.717, 1.165) is 31.7 Å². The molecule has 0 atom stereocenters. The SMILES string of the molecule is COCCOCCCCNc1ccncc1. The summed E-state index contributed by atoms with van der Waals surface area (Å²) in [7, 11) is 1.68. The Hall–Kier alpha value is -1.13. The van der Waals surface area contributed by atoms with Crippen molar-refractivity contribution < 1.29 is 9.47 Å². The molecular weight excluding hydrogens is 204 g/mol. The van der Waals surface area contributed by atoms with Crippen molar-refractivity contribution >= 4 is 5.69 Å². The zero-order valence-electron chi connectivity index (χ0n) is 9.82. The van der Waals surface area contributed by atoms with Crippen LogP contribution in [0.15, 0.2) is 24.5 Å². The normalized spacial score (nSPS) is 10.3. The molecule has 0 saturated heterocycles. The van der Waals surface area contributed by atoms with Gasteiger partial charge in [0, 0.05) is 38.3 Å². The molecule has 0 spiro atoms. The molecule has 0 amide bonds. The topological polar surface area (TPSA) is 43.4 Å². The zero-order valence-corrected chi connectivity index (χ0v) is 9.82. The summed E-state index contributed by atoms with van der Waals surface area (Å²) < 4.78 is 10.2. The zero-order chi connectivity index (χ0) is 11.5. The van der Waals surface area contributed by atoms with Crippen LogP contribution in [0.5, 0.6) is 0 Å². The number of rotatable bonds is 9. The molecule has 0 fully saturated rings. The summed E-state index contributed by atoms with van der Waals surface area (Å²) in [6.45, 7) is 3.14. The smallest absolute Gasteiger partial charge is 0.0700 e. The summed E-state index contributed by atoms with van der Waals surface area (Å²) in [5, 5.41) is 3.33. The van der Waals surface area contributed by atoms with Crippen LogP contribution in [0.3, 0.4) is 0 Å². The van der Waals surface area contributed by atoms with Gasteiger partial charge in [0.1, 0.15) is 0 Å². The number of nitrogens with one attached hydrogen (secondary N) is 1. The molecule has 0 bridgehead atoms. The molecule has 0 aromatic carbocycles. The Morgan fingerprint density at radius 3 is 2.69 bits per heavy atom. The van der Waals surface area contributed by atoms with Gasteiger partial charge in [0.25, 0.3) is 0 Å². The molecule has 0 aliphatic rings. The molecule has 1 aromatic rings. The van der Waals surface area contributed by atoms with Crippen LogP contribution in [-0.4, -0.2) is 38.5 Å². The minimum absolute atomic E-state index is 0.676. The van der Waals surface area contributed by atoms with Gasteiger partial charge in [-0.3, -0.25) is 4.98 Å². The van der Waals surface area contributed by atoms with Crippen LogP contribution in [0.25, 0.3) is 0 Å². The van der Waals surface area contributed by atoms with Gasteiger partial charge in [-0.2, -0.15) is 0 Å². The second-order valence-corrected chi connectivity index (χ2v) is 3.47. The van der Waals surface area contributed by atoms with E-state index in [1.54, 1.807) is 19.5 Å². The first kappa shape index (κ1) is 12.9. The summed E-state index contributed by atoms with van der Waals surface area (Å²) in [4.78, 5) is 3.96. The van der Waals surface area contributed by atoms with Gasteiger partial charge in [0.05, 0.1) is 13.2 Å². The van der Waals surface area contributed by atoms with Crippen molar-refractivity contribution in [2.75, 3.05) is 38.8 Å². The number of hydrogen-bond acceptors (Lipinski definition) is 4. The summed E-state index contributed by atoms with van der Waals surface area (Å²) in [5.74, 6) is 0. The van der Waals surface area contributed by atoms with Crippen molar-refractivity contribution in [3.63, 3.8) is 0 Å². The lowest BCUT2D eigenvalue weighted by molar-refractivity contribution is 0.0691. The lowest BCUT2D eigenvalue weighted by atomic mass is 10.3. The van der Waals surface area contributed by atoms with Gasteiger partial charge in [0.15, 0.2) is 0 Å². The van der Waals surface area contributed by atoms with Gasteiger partial charge in [-0.05, 0) is 25.0 Å². The molecule has 0 aliphatic heterocycles. The van der Waals surface area contributed by atoms with Crippen molar-refractivity contribution in [3.8, 4) is 0 Å². The maximum absolute atomic E-state index is 5.36. The summed E-state index contributed by atoms with van der Waals surface area (Å²) in [5.41, 5.74) is 1.12. The Bertz CT molecular complexity index is 254. The number of aromatic nitrogens is 1. The van der Waals surface area contributed by atoms with Gasteiger partial charge < -0.3 is 14.8 Å². The summed E-state index contributed by atoms with van der Waals surface area (Å²) in [6, 6.07) is 3.93. The molecule has 0 radical (unpaired) electrons. The Morgan fingerprint density at radius 2 is 1.94 bits per heavy atom. The molecular formula is C12H20N2O2. The fourth-order valence-corrected chi connectivity index (χ4v) is 1.28. The second-order valence-electron chi connectivity index (χ2n) is 3.47. The number of anilines is 1. The molecule has 1 aromatic heterocycles. The first-order chi connectivity index (χ1) is 7.93. The lowest BCUT2D eigenvalue weighted by Crippen LogP contribution is -2.06. The summed E-state index contributed by atoms with van der Waals surface area (Å²) in [6.07, 6.45) is 5.75. The maximum atomic E-state index is 5.36. The van der Waals surface area contributed by atoms with Crippen LogP contribution in [0.2, 0.25) is 0 Å². The molecule has 0 aliphatic carbocycles.